The van der Waals surface area contributed by atoms with Crippen LogP contribution in [-0.2, 0) is 14.8 Å². The summed E-state index contributed by atoms with van der Waals surface area (Å²) < 4.78 is 47.5. The van der Waals surface area contributed by atoms with Crippen LogP contribution in [0.15, 0.2) is 47.4 Å². The van der Waals surface area contributed by atoms with E-state index in [1.54, 1.807) is 42.2 Å². The minimum atomic E-state index is -3.85. The molecule has 2 aromatic rings. The number of methoxy groups -OCH3 is 1. The lowest BCUT2D eigenvalue weighted by Gasteiger charge is -2.38. The Balaban J connectivity index is 1.49. The zero-order valence-electron chi connectivity index (χ0n) is 18.3. The molecule has 2 heterocycles. The fraction of sp³-hybridized carbons (Fsp3) is 0.435. The number of para-hydroxylation sites is 1. The third-order valence-electron chi connectivity index (χ3n) is 6.26. The summed E-state index contributed by atoms with van der Waals surface area (Å²) in [6.45, 7) is 3.90. The minimum absolute atomic E-state index is 0.168. The lowest BCUT2D eigenvalue weighted by atomic mass is 10.1. The number of aryl methyl sites for hydroxylation is 1. The van der Waals surface area contributed by atoms with Crippen LogP contribution in [0.2, 0.25) is 0 Å². The highest BCUT2D eigenvalue weighted by atomic mass is 32.2. The number of rotatable bonds is 5. The predicted octanol–water partition coefficient (Wildman–Crippen LogP) is 2.64. The van der Waals surface area contributed by atoms with E-state index in [0.29, 0.717) is 62.6 Å². The summed E-state index contributed by atoms with van der Waals surface area (Å²) in [7, 11) is -2.36. The second-order valence-electron chi connectivity index (χ2n) is 8.17. The van der Waals surface area contributed by atoms with Crippen molar-refractivity contribution in [2.75, 3.05) is 44.7 Å². The molecule has 2 aliphatic rings. The number of sulfonamides is 1. The third-order valence-corrected chi connectivity index (χ3v) is 8.31. The van der Waals surface area contributed by atoms with Crippen LogP contribution in [0, 0.1) is 12.7 Å². The van der Waals surface area contributed by atoms with Crippen molar-refractivity contribution in [2.24, 2.45) is 0 Å². The van der Waals surface area contributed by atoms with Gasteiger partial charge in [-0.05, 0) is 43.5 Å². The second-order valence-corrected chi connectivity index (χ2v) is 10.0. The maximum absolute atomic E-state index is 14.1. The van der Waals surface area contributed by atoms with E-state index in [-0.39, 0.29) is 16.6 Å². The van der Waals surface area contributed by atoms with E-state index in [9.17, 15) is 17.6 Å². The number of hydrogen-bond donors (Lipinski definition) is 0. The van der Waals surface area contributed by atoms with Crippen LogP contribution >= 0.6 is 0 Å². The Morgan fingerprint density at radius 3 is 2.47 bits per heavy atom. The van der Waals surface area contributed by atoms with Gasteiger partial charge in [0.1, 0.15) is 17.6 Å². The molecule has 4 rings (SSSR count). The van der Waals surface area contributed by atoms with Gasteiger partial charge in [-0.1, -0.05) is 18.2 Å². The molecule has 0 aliphatic carbocycles. The first-order valence-electron chi connectivity index (χ1n) is 10.8. The Morgan fingerprint density at radius 2 is 1.78 bits per heavy atom. The Kier molecular flexibility index (Phi) is 6.39. The maximum atomic E-state index is 14.1. The van der Waals surface area contributed by atoms with Crippen molar-refractivity contribution in [1.82, 2.24) is 9.21 Å². The molecule has 0 radical (unpaired) electrons. The third kappa shape index (κ3) is 4.19. The van der Waals surface area contributed by atoms with E-state index in [1.807, 2.05) is 4.90 Å². The molecule has 0 bridgehead atoms. The molecule has 2 aliphatic heterocycles. The molecule has 0 N–H and O–H groups in total. The molecule has 1 unspecified atom stereocenters. The zero-order chi connectivity index (χ0) is 22.9. The average Bonchev–Trinajstić information content (AvgIpc) is 3.30. The summed E-state index contributed by atoms with van der Waals surface area (Å²) in [5.74, 6) is -0.00526. The van der Waals surface area contributed by atoms with Crippen molar-refractivity contribution in [3.63, 3.8) is 0 Å². The Bertz CT molecular complexity index is 1100. The van der Waals surface area contributed by atoms with Crippen molar-refractivity contribution in [3.8, 4) is 5.75 Å². The van der Waals surface area contributed by atoms with E-state index in [1.165, 1.54) is 23.5 Å². The number of piperazine rings is 1. The van der Waals surface area contributed by atoms with Gasteiger partial charge in [0.05, 0.1) is 17.7 Å². The van der Waals surface area contributed by atoms with Gasteiger partial charge in [0.25, 0.3) is 0 Å². The molecule has 1 atom stereocenters. The van der Waals surface area contributed by atoms with Crippen molar-refractivity contribution >= 4 is 21.6 Å². The van der Waals surface area contributed by atoms with E-state index in [2.05, 4.69) is 0 Å². The summed E-state index contributed by atoms with van der Waals surface area (Å²) in [4.78, 5) is 17.1. The number of anilines is 1. The van der Waals surface area contributed by atoms with Crippen LogP contribution in [0.25, 0.3) is 0 Å². The molecule has 0 aromatic heterocycles. The SMILES string of the molecule is COc1ccc(C)c(S(=O)(=O)N2CCCC2C(=O)N2CCN(c3ccccc3F)CC2)c1. The molecule has 32 heavy (non-hydrogen) atoms. The molecule has 2 fully saturated rings. The number of nitrogens with zero attached hydrogens (tertiary/aromatic N) is 3. The minimum Gasteiger partial charge on any atom is -0.497 e. The fourth-order valence-electron chi connectivity index (χ4n) is 4.47. The van der Waals surface area contributed by atoms with Gasteiger partial charge in [-0.3, -0.25) is 4.79 Å². The molecule has 1 amide bonds. The maximum Gasteiger partial charge on any atom is 0.244 e. The summed E-state index contributed by atoms with van der Waals surface area (Å²) in [5.41, 5.74) is 1.14. The number of carbonyl (C=O) groups is 1. The first kappa shape index (κ1) is 22.5. The van der Waals surface area contributed by atoms with Gasteiger partial charge < -0.3 is 14.5 Å². The van der Waals surface area contributed by atoms with Crippen LogP contribution in [-0.4, -0.2) is 69.4 Å². The van der Waals surface area contributed by atoms with E-state index < -0.39 is 16.1 Å². The Hall–Kier alpha value is -2.65. The molecule has 7 nitrogen and oxygen atoms in total. The van der Waals surface area contributed by atoms with Gasteiger partial charge in [-0.15, -0.1) is 0 Å². The zero-order valence-corrected chi connectivity index (χ0v) is 19.1. The summed E-state index contributed by atoms with van der Waals surface area (Å²) in [6, 6.07) is 10.8. The van der Waals surface area contributed by atoms with Crippen LogP contribution in [0.3, 0.4) is 0 Å². The number of carbonyl (C=O) groups excluding carboxylic acids is 1. The predicted molar refractivity (Wildman–Crippen MR) is 120 cm³/mol. The molecule has 0 saturated carbocycles. The normalized spacial score (nSPS) is 19.9. The number of hydrogen-bond acceptors (Lipinski definition) is 5. The van der Waals surface area contributed by atoms with Crippen LogP contribution in [0.4, 0.5) is 10.1 Å². The van der Waals surface area contributed by atoms with Gasteiger partial charge in [0.15, 0.2) is 0 Å². The van der Waals surface area contributed by atoms with Crippen LogP contribution in [0.1, 0.15) is 18.4 Å². The van der Waals surface area contributed by atoms with Crippen LogP contribution < -0.4 is 9.64 Å². The number of benzene rings is 2. The van der Waals surface area contributed by atoms with Gasteiger partial charge in [-0.2, -0.15) is 4.31 Å². The van der Waals surface area contributed by atoms with Crippen LogP contribution in [0.5, 0.6) is 5.75 Å². The quantitative estimate of drug-likeness (QED) is 0.685. The highest BCUT2D eigenvalue weighted by molar-refractivity contribution is 7.89. The summed E-state index contributed by atoms with van der Waals surface area (Å²) in [6.07, 6.45) is 1.13. The summed E-state index contributed by atoms with van der Waals surface area (Å²) >= 11 is 0. The standard InChI is InChI=1S/C23H28FN3O4S/c1-17-9-10-18(31-2)16-22(17)32(29,30)27-11-5-8-21(27)23(28)26-14-12-25(13-15-26)20-7-4-3-6-19(20)24/h3-4,6-7,9-10,16,21H,5,8,11-15H2,1-2H3. The average molecular weight is 462 g/mol. The van der Waals surface area contributed by atoms with Crippen molar-refractivity contribution < 1.29 is 22.3 Å². The number of amides is 1. The molecule has 9 heteroatoms. The second kappa shape index (κ2) is 9.07. The van der Waals surface area contributed by atoms with Gasteiger partial charge >= 0.3 is 0 Å². The number of halogens is 1. The largest absolute Gasteiger partial charge is 0.497 e. The van der Waals surface area contributed by atoms with E-state index in [0.717, 1.165) is 0 Å². The molecule has 2 saturated heterocycles. The monoisotopic (exact) mass is 461 g/mol. The molecular formula is C23H28FN3O4S. The fourth-order valence-corrected chi connectivity index (χ4v) is 6.37. The smallest absolute Gasteiger partial charge is 0.244 e. The van der Waals surface area contributed by atoms with Crippen molar-refractivity contribution in [3.05, 3.63) is 53.8 Å². The van der Waals surface area contributed by atoms with E-state index in [4.69, 9.17) is 4.74 Å². The van der Waals surface area contributed by atoms with Gasteiger partial charge in [0, 0.05) is 38.8 Å². The lowest BCUT2D eigenvalue weighted by molar-refractivity contribution is -0.134. The van der Waals surface area contributed by atoms with Gasteiger partial charge in [0.2, 0.25) is 15.9 Å². The first-order valence-corrected chi connectivity index (χ1v) is 12.2. The first-order chi connectivity index (χ1) is 15.3. The van der Waals surface area contributed by atoms with E-state index >= 15 is 0 Å². The highest BCUT2D eigenvalue weighted by Gasteiger charge is 2.42. The molecule has 172 valence electrons. The lowest BCUT2D eigenvalue weighted by Crippen LogP contribution is -2.54. The topological polar surface area (TPSA) is 70.2 Å². The summed E-state index contributed by atoms with van der Waals surface area (Å²) in [5, 5.41) is 0. The molecule has 0 spiro atoms. The van der Waals surface area contributed by atoms with Gasteiger partial charge in [-0.25, -0.2) is 12.8 Å². The number of ether oxygens (including phenoxy) is 1. The molecule has 2 aromatic carbocycles. The Labute approximate surface area is 188 Å². The molecular weight excluding hydrogens is 433 g/mol. The Morgan fingerprint density at radius 1 is 1.06 bits per heavy atom. The van der Waals surface area contributed by atoms with Crippen molar-refractivity contribution in [1.29, 1.82) is 0 Å². The van der Waals surface area contributed by atoms with Crippen molar-refractivity contribution in [2.45, 2.75) is 30.7 Å². The highest BCUT2D eigenvalue weighted by Crippen LogP contribution is 2.31.